The third-order valence-corrected chi connectivity index (χ3v) is 3.98. The molecule has 1 aromatic carbocycles. The van der Waals surface area contributed by atoms with Crippen LogP contribution in [0.15, 0.2) is 30.5 Å². The van der Waals surface area contributed by atoms with Gasteiger partial charge in [0.05, 0.1) is 6.61 Å². The maximum Gasteiger partial charge on any atom is 0.329 e. The molecule has 0 unspecified atom stereocenters. The molecule has 0 saturated carbocycles. The van der Waals surface area contributed by atoms with Crippen molar-refractivity contribution in [1.29, 1.82) is 0 Å². The smallest absolute Gasteiger partial charge is 0.329 e. The normalized spacial score (nSPS) is 11.7. The molecule has 1 N–H and O–H groups in total. The molecule has 0 radical (unpaired) electrons. The van der Waals surface area contributed by atoms with Crippen molar-refractivity contribution >= 4 is 24.5 Å². The summed E-state index contributed by atoms with van der Waals surface area (Å²) in [7, 11) is 0. The standard InChI is InChI=1S/C18H23N3O4S/c1-4-24-18(23)15(10-26)19-17(22)14-7-8-21(20-14)11-25-16-6-5-12(2)9-13(16)3/h5-9,15,26H,4,10-11H2,1-3H3,(H,19,22)/t15-/m0/s1. The Morgan fingerprint density at radius 2 is 2.08 bits per heavy atom. The molecule has 2 aromatic rings. The molecule has 7 nitrogen and oxygen atoms in total. The van der Waals surface area contributed by atoms with E-state index >= 15 is 0 Å². The molecule has 1 heterocycles. The van der Waals surface area contributed by atoms with Gasteiger partial charge in [0.1, 0.15) is 17.5 Å². The van der Waals surface area contributed by atoms with Crippen LogP contribution in [-0.2, 0) is 16.3 Å². The Kier molecular flexibility index (Phi) is 7.08. The molecular weight excluding hydrogens is 354 g/mol. The average Bonchev–Trinajstić information content (AvgIpc) is 3.08. The summed E-state index contributed by atoms with van der Waals surface area (Å²) in [4.78, 5) is 24.0. The predicted octanol–water partition coefficient (Wildman–Crippen LogP) is 2.13. The van der Waals surface area contributed by atoms with Gasteiger partial charge in [0.15, 0.2) is 6.73 Å². The van der Waals surface area contributed by atoms with Crippen molar-refractivity contribution in [2.45, 2.75) is 33.5 Å². The molecule has 0 fully saturated rings. The topological polar surface area (TPSA) is 82.5 Å². The molecule has 140 valence electrons. The van der Waals surface area contributed by atoms with E-state index in [1.165, 1.54) is 4.68 Å². The van der Waals surface area contributed by atoms with Gasteiger partial charge >= 0.3 is 5.97 Å². The summed E-state index contributed by atoms with van der Waals surface area (Å²) < 4.78 is 12.1. The Balaban J connectivity index is 1.95. The van der Waals surface area contributed by atoms with Gasteiger partial charge in [-0.15, -0.1) is 0 Å². The Morgan fingerprint density at radius 3 is 2.73 bits per heavy atom. The summed E-state index contributed by atoms with van der Waals surface area (Å²) in [6.07, 6.45) is 1.64. The lowest BCUT2D eigenvalue weighted by Gasteiger charge is -2.14. The monoisotopic (exact) mass is 377 g/mol. The van der Waals surface area contributed by atoms with E-state index in [4.69, 9.17) is 9.47 Å². The van der Waals surface area contributed by atoms with Crippen molar-refractivity contribution in [3.8, 4) is 5.75 Å². The Bertz CT molecular complexity index is 776. The fourth-order valence-electron chi connectivity index (χ4n) is 2.31. The lowest BCUT2D eigenvalue weighted by molar-refractivity contribution is -0.144. The van der Waals surface area contributed by atoms with Crippen molar-refractivity contribution < 1.29 is 19.1 Å². The molecule has 1 atom stereocenters. The van der Waals surface area contributed by atoms with Crippen molar-refractivity contribution in [3.63, 3.8) is 0 Å². The van der Waals surface area contributed by atoms with E-state index in [0.29, 0.717) is 0 Å². The second-order valence-corrected chi connectivity index (χ2v) is 6.11. The Labute approximate surface area is 158 Å². The van der Waals surface area contributed by atoms with Crippen molar-refractivity contribution in [2.75, 3.05) is 12.4 Å². The number of ether oxygens (including phenoxy) is 2. The molecule has 0 bridgehead atoms. The van der Waals surface area contributed by atoms with Crippen LogP contribution in [0.4, 0.5) is 0 Å². The van der Waals surface area contributed by atoms with Crippen LogP contribution in [0.3, 0.4) is 0 Å². The van der Waals surface area contributed by atoms with Crippen molar-refractivity contribution in [2.24, 2.45) is 0 Å². The van der Waals surface area contributed by atoms with Crippen LogP contribution in [0.25, 0.3) is 0 Å². The number of nitrogens with zero attached hydrogens (tertiary/aromatic N) is 2. The molecule has 8 heteroatoms. The number of nitrogens with one attached hydrogen (secondary N) is 1. The van der Waals surface area contributed by atoms with Gasteiger partial charge in [-0.05, 0) is 38.5 Å². The summed E-state index contributed by atoms with van der Waals surface area (Å²) in [5.74, 6) is -0.0912. The van der Waals surface area contributed by atoms with E-state index in [1.807, 2.05) is 32.0 Å². The molecule has 2 rings (SSSR count). The van der Waals surface area contributed by atoms with Crippen LogP contribution in [-0.4, -0.2) is 40.1 Å². The fourth-order valence-corrected chi connectivity index (χ4v) is 2.55. The molecule has 0 spiro atoms. The number of carbonyl (C=O) groups excluding carboxylic acids is 2. The van der Waals surface area contributed by atoms with E-state index in [0.717, 1.165) is 16.9 Å². The van der Waals surface area contributed by atoms with Crippen LogP contribution in [0.1, 0.15) is 28.5 Å². The van der Waals surface area contributed by atoms with Gasteiger partial charge in [-0.3, -0.25) is 4.79 Å². The second-order valence-electron chi connectivity index (χ2n) is 5.74. The van der Waals surface area contributed by atoms with Crippen molar-refractivity contribution in [3.05, 3.63) is 47.3 Å². The summed E-state index contributed by atoms with van der Waals surface area (Å²) in [6, 6.07) is 6.64. The first-order chi connectivity index (χ1) is 12.4. The number of hydrogen-bond donors (Lipinski definition) is 2. The number of benzene rings is 1. The number of thiol groups is 1. The zero-order valence-electron chi connectivity index (χ0n) is 15.1. The summed E-state index contributed by atoms with van der Waals surface area (Å²) in [5, 5.41) is 6.73. The summed E-state index contributed by atoms with van der Waals surface area (Å²) in [5.41, 5.74) is 2.37. The zero-order valence-corrected chi connectivity index (χ0v) is 16.0. The van der Waals surface area contributed by atoms with Gasteiger partial charge < -0.3 is 14.8 Å². The highest BCUT2D eigenvalue weighted by Crippen LogP contribution is 2.19. The third kappa shape index (κ3) is 5.26. The molecule has 0 aliphatic rings. The molecule has 0 saturated heterocycles. The number of rotatable bonds is 8. The number of aryl methyl sites for hydroxylation is 2. The van der Waals surface area contributed by atoms with E-state index < -0.39 is 17.9 Å². The fraction of sp³-hybridized carbons (Fsp3) is 0.389. The first kappa shape index (κ1) is 19.8. The molecular formula is C18H23N3O4S. The lowest BCUT2D eigenvalue weighted by atomic mass is 10.1. The van der Waals surface area contributed by atoms with Gasteiger partial charge in [0, 0.05) is 11.9 Å². The molecule has 1 amide bonds. The molecule has 26 heavy (non-hydrogen) atoms. The van der Waals surface area contributed by atoms with E-state index in [1.54, 1.807) is 19.2 Å². The lowest BCUT2D eigenvalue weighted by Crippen LogP contribution is -2.43. The second kappa shape index (κ2) is 9.28. The minimum Gasteiger partial charge on any atom is -0.471 e. The maximum absolute atomic E-state index is 12.2. The Hall–Kier alpha value is -2.48. The minimum absolute atomic E-state index is 0.140. The average molecular weight is 377 g/mol. The quantitative estimate of drug-likeness (QED) is 0.544. The number of esters is 1. The predicted molar refractivity (Wildman–Crippen MR) is 101 cm³/mol. The first-order valence-corrected chi connectivity index (χ1v) is 8.89. The summed E-state index contributed by atoms with van der Waals surface area (Å²) in [6.45, 7) is 6.10. The van der Waals surface area contributed by atoms with E-state index in [-0.39, 0.29) is 24.8 Å². The van der Waals surface area contributed by atoms with Gasteiger partial charge in [0.2, 0.25) is 0 Å². The van der Waals surface area contributed by atoms with Crippen LogP contribution >= 0.6 is 12.6 Å². The van der Waals surface area contributed by atoms with Crippen LogP contribution < -0.4 is 10.1 Å². The van der Waals surface area contributed by atoms with Gasteiger partial charge in [-0.25, -0.2) is 9.48 Å². The molecule has 0 aliphatic heterocycles. The van der Waals surface area contributed by atoms with Crippen LogP contribution in [0.2, 0.25) is 0 Å². The van der Waals surface area contributed by atoms with Crippen molar-refractivity contribution in [1.82, 2.24) is 15.1 Å². The highest BCUT2D eigenvalue weighted by molar-refractivity contribution is 7.80. The van der Waals surface area contributed by atoms with Crippen LogP contribution in [0, 0.1) is 13.8 Å². The SMILES string of the molecule is CCOC(=O)[C@H](CS)NC(=O)c1ccn(COc2ccc(C)cc2C)n1. The van der Waals surface area contributed by atoms with E-state index in [9.17, 15) is 9.59 Å². The Morgan fingerprint density at radius 1 is 1.31 bits per heavy atom. The van der Waals surface area contributed by atoms with Crippen LogP contribution in [0.5, 0.6) is 5.75 Å². The highest BCUT2D eigenvalue weighted by Gasteiger charge is 2.22. The molecule has 0 aliphatic carbocycles. The number of aromatic nitrogens is 2. The largest absolute Gasteiger partial charge is 0.471 e. The highest BCUT2D eigenvalue weighted by atomic mass is 32.1. The maximum atomic E-state index is 12.2. The van der Waals surface area contributed by atoms with Gasteiger partial charge in [-0.2, -0.15) is 17.7 Å². The third-order valence-electron chi connectivity index (χ3n) is 3.62. The number of amides is 1. The zero-order chi connectivity index (χ0) is 19.1. The minimum atomic E-state index is -0.817. The first-order valence-electron chi connectivity index (χ1n) is 8.26. The van der Waals surface area contributed by atoms with E-state index in [2.05, 4.69) is 23.0 Å². The molecule has 1 aromatic heterocycles. The number of hydrogen-bond acceptors (Lipinski definition) is 6. The van der Waals surface area contributed by atoms with Gasteiger partial charge in [-0.1, -0.05) is 17.7 Å². The van der Waals surface area contributed by atoms with Gasteiger partial charge in [0.25, 0.3) is 5.91 Å². The summed E-state index contributed by atoms with van der Waals surface area (Å²) >= 11 is 4.07. The number of carbonyl (C=O) groups is 2.